The zero-order valence-electron chi connectivity index (χ0n) is 13.1. The summed E-state index contributed by atoms with van der Waals surface area (Å²) in [6.45, 7) is 0. The van der Waals surface area contributed by atoms with Crippen molar-refractivity contribution >= 4 is 65.0 Å². The molecule has 0 unspecified atom stereocenters. The van der Waals surface area contributed by atoms with Crippen molar-refractivity contribution in [2.75, 3.05) is 11.1 Å². The Morgan fingerprint density at radius 2 is 1.65 bits per heavy atom. The van der Waals surface area contributed by atoms with E-state index in [1.807, 2.05) is 0 Å². The SMILES string of the molecule is Nc1cc(C(=O)c2ccc(NC(=O)CC(Br)Br)cc2)ccc1S(=O)(=O)O. The van der Waals surface area contributed by atoms with Gasteiger partial charge in [0, 0.05) is 23.2 Å². The molecular weight excluding hydrogens is 492 g/mol. The van der Waals surface area contributed by atoms with Crippen LogP contribution < -0.4 is 11.1 Å². The van der Waals surface area contributed by atoms with E-state index in [2.05, 4.69) is 37.2 Å². The Kier molecular flexibility index (Phi) is 6.56. The average molecular weight is 506 g/mol. The second-order valence-corrected chi connectivity index (χ2v) is 10.1. The van der Waals surface area contributed by atoms with Gasteiger partial charge in [-0.3, -0.25) is 14.1 Å². The number of ketones is 1. The third-order valence-corrected chi connectivity index (χ3v) is 4.90. The molecule has 0 saturated carbocycles. The smallest absolute Gasteiger partial charge is 0.296 e. The lowest BCUT2D eigenvalue weighted by Crippen LogP contribution is -2.14. The Bertz CT molecular complexity index is 944. The number of hydrogen-bond donors (Lipinski definition) is 3. The molecule has 0 radical (unpaired) electrons. The van der Waals surface area contributed by atoms with Crippen LogP contribution in [0.25, 0.3) is 0 Å². The van der Waals surface area contributed by atoms with Crippen molar-refractivity contribution in [3.8, 4) is 0 Å². The minimum atomic E-state index is -4.45. The van der Waals surface area contributed by atoms with Crippen LogP contribution in [0.15, 0.2) is 47.4 Å². The van der Waals surface area contributed by atoms with Gasteiger partial charge in [0.2, 0.25) is 5.91 Å². The summed E-state index contributed by atoms with van der Waals surface area (Å²) in [4.78, 5) is 23.7. The lowest BCUT2D eigenvalue weighted by Gasteiger charge is -2.08. The zero-order chi connectivity index (χ0) is 19.5. The van der Waals surface area contributed by atoms with Crippen LogP contribution in [0.3, 0.4) is 0 Å². The summed E-state index contributed by atoms with van der Waals surface area (Å²) in [6.07, 6.45) is 0.236. The maximum absolute atomic E-state index is 12.5. The number of benzene rings is 2. The fraction of sp³-hybridized carbons (Fsp3) is 0.125. The van der Waals surface area contributed by atoms with Crippen LogP contribution in [0.4, 0.5) is 11.4 Å². The maximum Gasteiger partial charge on any atom is 0.296 e. The van der Waals surface area contributed by atoms with Gasteiger partial charge < -0.3 is 11.1 Å². The summed E-state index contributed by atoms with van der Waals surface area (Å²) >= 11 is 6.43. The fourth-order valence-corrected chi connectivity index (χ4v) is 3.33. The first kappa shape index (κ1) is 20.6. The normalized spacial score (nSPS) is 11.4. The van der Waals surface area contributed by atoms with Crippen molar-refractivity contribution in [3.05, 3.63) is 53.6 Å². The summed E-state index contributed by atoms with van der Waals surface area (Å²) in [6, 6.07) is 9.76. The second-order valence-electron chi connectivity index (χ2n) is 5.28. The Hall–Kier alpha value is -1.75. The van der Waals surface area contributed by atoms with Crippen LogP contribution in [0.5, 0.6) is 0 Å². The van der Waals surface area contributed by atoms with Gasteiger partial charge in [0.1, 0.15) is 4.90 Å². The third kappa shape index (κ3) is 5.37. The summed E-state index contributed by atoms with van der Waals surface area (Å²) in [7, 11) is -4.45. The first-order valence-corrected chi connectivity index (χ1v) is 10.4. The summed E-state index contributed by atoms with van der Waals surface area (Å²) < 4.78 is 31.2. The van der Waals surface area contributed by atoms with Crippen LogP contribution in [0, 0.1) is 0 Å². The number of carbonyl (C=O) groups excluding carboxylic acids is 2. The summed E-state index contributed by atoms with van der Waals surface area (Å²) in [5.74, 6) is -0.575. The number of nitrogens with two attached hydrogens (primary N) is 1. The van der Waals surface area contributed by atoms with Gasteiger partial charge in [-0.2, -0.15) is 8.42 Å². The molecule has 2 aromatic rings. The summed E-state index contributed by atoms with van der Waals surface area (Å²) in [5.41, 5.74) is 6.42. The molecule has 1 amide bonds. The van der Waals surface area contributed by atoms with Gasteiger partial charge in [-0.1, -0.05) is 31.9 Å². The van der Waals surface area contributed by atoms with E-state index in [0.717, 1.165) is 6.07 Å². The van der Waals surface area contributed by atoms with E-state index in [4.69, 9.17) is 10.3 Å². The highest BCUT2D eigenvalue weighted by atomic mass is 79.9. The van der Waals surface area contributed by atoms with Crippen LogP contribution in [0.2, 0.25) is 0 Å². The van der Waals surface area contributed by atoms with Gasteiger partial charge in [-0.05, 0) is 42.5 Å². The van der Waals surface area contributed by atoms with Crippen molar-refractivity contribution in [1.82, 2.24) is 0 Å². The number of rotatable bonds is 6. The monoisotopic (exact) mass is 504 g/mol. The molecule has 0 aliphatic carbocycles. The molecule has 0 heterocycles. The fourth-order valence-electron chi connectivity index (χ4n) is 2.15. The molecule has 4 N–H and O–H groups in total. The number of nitrogens with one attached hydrogen (secondary N) is 1. The molecule has 2 rings (SSSR count). The predicted octanol–water partition coefficient (Wildman–Crippen LogP) is 3.19. The molecule has 0 fully saturated rings. The van der Waals surface area contributed by atoms with Crippen molar-refractivity contribution in [3.63, 3.8) is 0 Å². The van der Waals surface area contributed by atoms with Crippen molar-refractivity contribution < 1.29 is 22.6 Å². The molecule has 0 bridgehead atoms. The average Bonchev–Trinajstić information content (AvgIpc) is 2.52. The maximum atomic E-state index is 12.5. The van der Waals surface area contributed by atoms with E-state index >= 15 is 0 Å². The molecule has 0 aromatic heterocycles. The molecule has 0 saturated heterocycles. The highest BCUT2D eigenvalue weighted by Gasteiger charge is 2.17. The first-order valence-electron chi connectivity index (χ1n) is 7.17. The minimum absolute atomic E-state index is 0.132. The van der Waals surface area contributed by atoms with Crippen LogP contribution in [-0.4, -0.2) is 28.4 Å². The second kappa shape index (κ2) is 8.30. The van der Waals surface area contributed by atoms with Crippen molar-refractivity contribution in [1.29, 1.82) is 0 Å². The molecular formula is C16H14Br2N2O5S. The van der Waals surface area contributed by atoms with Gasteiger partial charge >= 0.3 is 0 Å². The minimum Gasteiger partial charge on any atom is -0.398 e. The Morgan fingerprint density at radius 1 is 1.08 bits per heavy atom. The molecule has 26 heavy (non-hydrogen) atoms. The van der Waals surface area contributed by atoms with E-state index in [9.17, 15) is 18.0 Å². The van der Waals surface area contributed by atoms with E-state index in [1.54, 1.807) is 12.1 Å². The number of carbonyl (C=O) groups is 2. The van der Waals surface area contributed by atoms with E-state index in [-0.39, 0.29) is 33.1 Å². The predicted molar refractivity (Wildman–Crippen MR) is 105 cm³/mol. The topological polar surface area (TPSA) is 127 Å². The molecule has 0 spiro atoms. The van der Waals surface area contributed by atoms with Crippen LogP contribution in [-0.2, 0) is 14.9 Å². The lowest BCUT2D eigenvalue weighted by molar-refractivity contribution is -0.115. The number of nitrogen functional groups attached to an aromatic ring is 1. The largest absolute Gasteiger partial charge is 0.398 e. The van der Waals surface area contributed by atoms with Crippen LogP contribution >= 0.6 is 31.9 Å². The Labute approximate surface area is 167 Å². The molecule has 0 atom stereocenters. The standard InChI is InChI=1S/C16H14Br2N2O5S/c17-14(18)8-15(21)20-11-4-1-9(2-5-11)16(22)10-3-6-13(12(19)7-10)26(23,24)25/h1-7,14H,8,19H2,(H,20,21)(H,23,24,25). The van der Waals surface area contributed by atoms with Gasteiger partial charge in [0.25, 0.3) is 10.1 Å². The molecule has 7 nitrogen and oxygen atoms in total. The van der Waals surface area contributed by atoms with Crippen molar-refractivity contribution in [2.24, 2.45) is 0 Å². The lowest BCUT2D eigenvalue weighted by atomic mass is 10.0. The third-order valence-electron chi connectivity index (χ3n) is 3.32. The van der Waals surface area contributed by atoms with E-state index in [1.165, 1.54) is 24.3 Å². The zero-order valence-corrected chi connectivity index (χ0v) is 17.1. The first-order chi connectivity index (χ1) is 12.1. The van der Waals surface area contributed by atoms with E-state index in [0.29, 0.717) is 11.3 Å². The van der Waals surface area contributed by atoms with Gasteiger partial charge in [0.15, 0.2) is 5.78 Å². The number of anilines is 2. The number of alkyl halides is 2. The number of amides is 1. The highest BCUT2D eigenvalue weighted by Crippen LogP contribution is 2.22. The Morgan fingerprint density at radius 3 is 2.15 bits per heavy atom. The van der Waals surface area contributed by atoms with E-state index < -0.39 is 15.0 Å². The Balaban J connectivity index is 2.18. The van der Waals surface area contributed by atoms with Crippen molar-refractivity contribution in [2.45, 2.75) is 15.1 Å². The summed E-state index contributed by atoms with van der Waals surface area (Å²) in [5, 5.41) is 2.69. The molecule has 138 valence electrons. The van der Waals surface area contributed by atoms with Crippen LogP contribution in [0.1, 0.15) is 22.3 Å². The quantitative estimate of drug-likeness (QED) is 0.239. The molecule has 2 aromatic carbocycles. The van der Waals surface area contributed by atoms with Gasteiger partial charge in [-0.15, -0.1) is 0 Å². The number of hydrogen-bond acceptors (Lipinski definition) is 5. The molecule has 10 heteroatoms. The molecule has 0 aliphatic heterocycles. The molecule has 0 aliphatic rings. The number of halogens is 2. The van der Waals surface area contributed by atoms with Gasteiger partial charge in [-0.25, -0.2) is 0 Å². The van der Waals surface area contributed by atoms with Gasteiger partial charge in [0.05, 0.1) is 9.42 Å². The highest BCUT2D eigenvalue weighted by molar-refractivity contribution is 9.24.